The molecule has 1 aromatic heterocycles. The van der Waals surface area contributed by atoms with Crippen molar-refractivity contribution in [2.45, 2.75) is 13.5 Å². The second-order valence-corrected chi connectivity index (χ2v) is 5.47. The molecule has 0 bridgehead atoms. The lowest BCUT2D eigenvalue weighted by atomic mass is 10.2. The first-order valence-electron chi connectivity index (χ1n) is 4.79. The van der Waals surface area contributed by atoms with Gasteiger partial charge >= 0.3 is 0 Å². The third-order valence-corrected chi connectivity index (χ3v) is 3.63. The maximum Gasteiger partial charge on any atom is 0.183 e. The van der Waals surface area contributed by atoms with Gasteiger partial charge in [0.25, 0.3) is 0 Å². The van der Waals surface area contributed by atoms with E-state index in [-0.39, 0.29) is 5.75 Å². The van der Waals surface area contributed by atoms with Crippen LogP contribution in [-0.4, -0.2) is 10.1 Å². The van der Waals surface area contributed by atoms with E-state index in [4.69, 9.17) is 0 Å². The lowest BCUT2D eigenvalue weighted by Gasteiger charge is -2.06. The first-order valence-corrected chi connectivity index (χ1v) is 6.40. The monoisotopic (exact) mass is 298 g/mol. The molecule has 0 atom stereocenters. The van der Waals surface area contributed by atoms with Crippen LogP contribution in [0.4, 0.5) is 5.13 Å². The number of anilines is 1. The summed E-state index contributed by atoms with van der Waals surface area (Å²) >= 11 is 4.89. The number of aromatic nitrogens is 1. The zero-order valence-electron chi connectivity index (χ0n) is 8.70. The summed E-state index contributed by atoms with van der Waals surface area (Å²) in [4.78, 5) is 5.36. The van der Waals surface area contributed by atoms with Gasteiger partial charge in [0.1, 0.15) is 5.75 Å². The minimum Gasteiger partial charge on any atom is -0.506 e. The van der Waals surface area contributed by atoms with Crippen LogP contribution in [0.15, 0.2) is 28.9 Å². The summed E-state index contributed by atoms with van der Waals surface area (Å²) in [6.45, 7) is 2.58. The summed E-state index contributed by atoms with van der Waals surface area (Å²) in [6.07, 6.45) is 1.83. The summed E-state index contributed by atoms with van der Waals surface area (Å²) in [7, 11) is 0. The van der Waals surface area contributed by atoms with Crippen molar-refractivity contribution < 1.29 is 5.11 Å². The van der Waals surface area contributed by atoms with E-state index in [0.29, 0.717) is 11.0 Å². The van der Waals surface area contributed by atoms with E-state index in [1.54, 1.807) is 11.3 Å². The van der Waals surface area contributed by atoms with E-state index in [1.165, 1.54) is 4.88 Å². The molecule has 3 nitrogen and oxygen atoms in total. The molecule has 0 radical (unpaired) electrons. The van der Waals surface area contributed by atoms with Crippen molar-refractivity contribution in [2.24, 2.45) is 0 Å². The molecule has 2 rings (SSSR count). The van der Waals surface area contributed by atoms with Gasteiger partial charge < -0.3 is 10.4 Å². The molecule has 16 heavy (non-hydrogen) atoms. The van der Waals surface area contributed by atoms with Crippen molar-refractivity contribution in [1.29, 1.82) is 0 Å². The molecule has 0 unspecified atom stereocenters. The molecule has 0 saturated heterocycles. The molecule has 0 saturated carbocycles. The fourth-order valence-corrected chi connectivity index (χ4v) is 2.38. The Labute approximate surface area is 106 Å². The zero-order valence-corrected chi connectivity index (χ0v) is 11.1. The minimum absolute atomic E-state index is 0.281. The first kappa shape index (κ1) is 11.4. The van der Waals surface area contributed by atoms with Gasteiger partial charge in [-0.05, 0) is 28.9 Å². The van der Waals surface area contributed by atoms with Crippen LogP contribution in [0.5, 0.6) is 5.75 Å². The van der Waals surface area contributed by atoms with Crippen LogP contribution in [0.25, 0.3) is 0 Å². The summed E-state index contributed by atoms with van der Waals surface area (Å²) in [5.74, 6) is 0.281. The number of halogens is 1. The fraction of sp³-hybridized carbons (Fsp3) is 0.182. The number of hydrogen-bond acceptors (Lipinski definition) is 4. The van der Waals surface area contributed by atoms with E-state index in [1.807, 2.05) is 31.3 Å². The second kappa shape index (κ2) is 4.84. The predicted molar refractivity (Wildman–Crippen MR) is 70.0 cm³/mol. The molecule has 0 aliphatic heterocycles. The van der Waals surface area contributed by atoms with Crippen molar-refractivity contribution >= 4 is 32.4 Å². The van der Waals surface area contributed by atoms with Gasteiger partial charge in [0.15, 0.2) is 5.13 Å². The standard InChI is InChI=1S/C11H11BrN2OS/c1-7-5-13-11(16-7)14-6-8-3-2-4-9(12)10(8)15/h2-5,15H,6H2,1H3,(H,13,14). The highest BCUT2D eigenvalue weighted by molar-refractivity contribution is 9.10. The third kappa shape index (κ3) is 2.54. The van der Waals surface area contributed by atoms with Crippen LogP contribution in [0.1, 0.15) is 10.4 Å². The molecular formula is C11H11BrN2OS. The zero-order chi connectivity index (χ0) is 11.5. The Kier molecular flexibility index (Phi) is 3.46. The molecule has 84 valence electrons. The topological polar surface area (TPSA) is 45.2 Å². The third-order valence-electron chi connectivity index (χ3n) is 2.12. The quantitative estimate of drug-likeness (QED) is 0.911. The van der Waals surface area contributed by atoms with Crippen molar-refractivity contribution in [2.75, 3.05) is 5.32 Å². The van der Waals surface area contributed by atoms with E-state index in [2.05, 4.69) is 26.2 Å². The van der Waals surface area contributed by atoms with Gasteiger partial charge in [-0.25, -0.2) is 4.98 Å². The molecule has 1 heterocycles. The van der Waals surface area contributed by atoms with Crippen LogP contribution in [0.3, 0.4) is 0 Å². The Morgan fingerprint density at radius 1 is 1.50 bits per heavy atom. The van der Waals surface area contributed by atoms with Crippen LogP contribution in [0.2, 0.25) is 0 Å². The smallest absolute Gasteiger partial charge is 0.183 e. The molecule has 2 N–H and O–H groups in total. The van der Waals surface area contributed by atoms with E-state index < -0.39 is 0 Å². The van der Waals surface area contributed by atoms with Gasteiger partial charge in [-0.3, -0.25) is 0 Å². The van der Waals surface area contributed by atoms with Gasteiger partial charge in [0, 0.05) is 23.2 Å². The highest BCUT2D eigenvalue weighted by atomic mass is 79.9. The number of rotatable bonds is 3. The second-order valence-electron chi connectivity index (χ2n) is 3.38. The largest absolute Gasteiger partial charge is 0.506 e. The number of aromatic hydroxyl groups is 1. The van der Waals surface area contributed by atoms with Crippen molar-refractivity contribution in [1.82, 2.24) is 4.98 Å². The molecule has 2 aromatic rings. The number of aryl methyl sites for hydroxylation is 1. The highest BCUT2D eigenvalue weighted by Gasteiger charge is 2.05. The highest BCUT2D eigenvalue weighted by Crippen LogP contribution is 2.28. The van der Waals surface area contributed by atoms with Crippen LogP contribution in [-0.2, 0) is 6.54 Å². The number of benzene rings is 1. The number of nitrogens with zero attached hydrogens (tertiary/aromatic N) is 1. The Morgan fingerprint density at radius 2 is 2.31 bits per heavy atom. The number of phenols is 1. The van der Waals surface area contributed by atoms with Gasteiger partial charge in [-0.1, -0.05) is 12.1 Å². The summed E-state index contributed by atoms with van der Waals surface area (Å²) in [6, 6.07) is 5.59. The lowest BCUT2D eigenvalue weighted by molar-refractivity contribution is 0.465. The normalized spacial score (nSPS) is 10.4. The average molecular weight is 299 g/mol. The van der Waals surface area contributed by atoms with Crippen molar-refractivity contribution in [3.8, 4) is 5.75 Å². The summed E-state index contributed by atoms with van der Waals surface area (Å²) < 4.78 is 0.710. The van der Waals surface area contributed by atoms with Crippen LogP contribution >= 0.6 is 27.3 Å². The van der Waals surface area contributed by atoms with Crippen LogP contribution < -0.4 is 5.32 Å². The number of thiazole rings is 1. The van der Waals surface area contributed by atoms with Gasteiger partial charge in [-0.15, -0.1) is 11.3 Å². The van der Waals surface area contributed by atoms with Gasteiger partial charge in [0.05, 0.1) is 4.47 Å². The molecule has 1 aromatic carbocycles. The molecule has 0 aliphatic rings. The SMILES string of the molecule is Cc1cnc(NCc2cccc(Br)c2O)s1. The number of hydrogen-bond donors (Lipinski definition) is 2. The van der Waals surface area contributed by atoms with Gasteiger partial charge in [0.2, 0.25) is 0 Å². The number of para-hydroxylation sites is 1. The first-order chi connectivity index (χ1) is 7.66. The van der Waals surface area contributed by atoms with Crippen LogP contribution in [0, 0.1) is 6.92 Å². The summed E-state index contributed by atoms with van der Waals surface area (Å²) in [5, 5.41) is 13.8. The fourth-order valence-electron chi connectivity index (χ4n) is 1.31. The van der Waals surface area contributed by atoms with Crippen molar-refractivity contribution in [3.63, 3.8) is 0 Å². The number of nitrogens with one attached hydrogen (secondary N) is 1. The molecule has 0 spiro atoms. The minimum atomic E-state index is 0.281. The average Bonchev–Trinajstić information content (AvgIpc) is 2.67. The van der Waals surface area contributed by atoms with Crippen molar-refractivity contribution in [3.05, 3.63) is 39.3 Å². The molecule has 0 fully saturated rings. The Bertz CT molecular complexity index is 498. The molecule has 0 amide bonds. The predicted octanol–water partition coefficient (Wildman–Crippen LogP) is 3.53. The van der Waals surface area contributed by atoms with E-state index in [0.717, 1.165) is 10.7 Å². The maximum atomic E-state index is 9.78. The summed E-state index contributed by atoms with van der Waals surface area (Å²) in [5.41, 5.74) is 0.849. The van der Waals surface area contributed by atoms with E-state index >= 15 is 0 Å². The number of phenolic OH excluding ortho intramolecular Hbond substituents is 1. The molecule has 0 aliphatic carbocycles. The Balaban J connectivity index is 2.07. The molecule has 5 heteroatoms. The Hall–Kier alpha value is -1.07. The molecular weight excluding hydrogens is 288 g/mol. The van der Waals surface area contributed by atoms with Gasteiger partial charge in [-0.2, -0.15) is 0 Å². The lowest BCUT2D eigenvalue weighted by Crippen LogP contribution is -1.99. The van der Waals surface area contributed by atoms with E-state index in [9.17, 15) is 5.11 Å². The maximum absolute atomic E-state index is 9.78. The Morgan fingerprint density at radius 3 is 3.00 bits per heavy atom.